The molecule has 0 aliphatic carbocycles. The first-order valence-corrected chi connectivity index (χ1v) is 9.07. The first kappa shape index (κ1) is 18.4. The van der Waals surface area contributed by atoms with Gasteiger partial charge >= 0.3 is 6.03 Å². The Kier molecular flexibility index (Phi) is 5.27. The van der Waals surface area contributed by atoms with Crippen LogP contribution in [0.3, 0.4) is 0 Å². The Morgan fingerprint density at radius 2 is 1.73 bits per heavy atom. The highest BCUT2D eigenvalue weighted by atomic mass is 16.2. The minimum atomic E-state index is -0.792. The third kappa shape index (κ3) is 3.72. The van der Waals surface area contributed by atoms with Gasteiger partial charge in [0.1, 0.15) is 6.04 Å². The summed E-state index contributed by atoms with van der Waals surface area (Å²) in [6, 6.07) is 6.13. The van der Waals surface area contributed by atoms with E-state index < -0.39 is 12.1 Å². The maximum absolute atomic E-state index is 12.7. The molecule has 2 aliphatic heterocycles. The van der Waals surface area contributed by atoms with Gasteiger partial charge in [-0.15, -0.1) is 0 Å². The van der Waals surface area contributed by atoms with Crippen LogP contribution in [0, 0.1) is 0 Å². The van der Waals surface area contributed by atoms with Crippen molar-refractivity contribution in [2.75, 3.05) is 38.1 Å². The van der Waals surface area contributed by atoms with E-state index in [-0.39, 0.29) is 18.2 Å². The Hall–Kier alpha value is -2.41. The molecule has 2 aliphatic rings. The van der Waals surface area contributed by atoms with Crippen LogP contribution in [0.15, 0.2) is 24.3 Å². The van der Waals surface area contributed by atoms with Gasteiger partial charge in [-0.3, -0.25) is 9.59 Å². The van der Waals surface area contributed by atoms with Gasteiger partial charge in [-0.05, 0) is 30.7 Å². The quantitative estimate of drug-likeness (QED) is 0.826. The molecule has 140 valence electrons. The average molecular weight is 358 g/mol. The smallest absolute Gasteiger partial charge is 0.329 e. The van der Waals surface area contributed by atoms with Crippen LogP contribution in [-0.4, -0.2) is 66.9 Å². The number of nitrogens with one attached hydrogen (secondary N) is 1. The summed E-state index contributed by atoms with van der Waals surface area (Å²) in [6.45, 7) is 7.14. The summed E-state index contributed by atoms with van der Waals surface area (Å²) in [5, 5.41) is 2.65. The molecule has 0 spiro atoms. The number of anilines is 1. The monoisotopic (exact) mass is 358 g/mol. The van der Waals surface area contributed by atoms with Gasteiger partial charge in [0.25, 0.3) is 5.91 Å². The van der Waals surface area contributed by atoms with Crippen LogP contribution < -0.4 is 10.2 Å². The number of rotatable bonds is 4. The van der Waals surface area contributed by atoms with Gasteiger partial charge in [-0.1, -0.05) is 26.0 Å². The van der Waals surface area contributed by atoms with E-state index >= 15 is 0 Å². The summed E-state index contributed by atoms with van der Waals surface area (Å²) in [5.41, 5.74) is 1.68. The minimum Gasteiger partial charge on any atom is -0.340 e. The zero-order valence-electron chi connectivity index (χ0n) is 15.6. The summed E-state index contributed by atoms with van der Waals surface area (Å²) in [7, 11) is 2.02. The SMILES string of the molecule is CC(C)c1ccc(N2C(=O)NC(CC(=O)N3CCN(C)CC3)C2=O)cc1. The zero-order chi connectivity index (χ0) is 18.8. The third-order valence-electron chi connectivity index (χ3n) is 5.07. The molecule has 0 radical (unpaired) electrons. The van der Waals surface area contributed by atoms with Crippen molar-refractivity contribution >= 4 is 23.5 Å². The molecular weight excluding hydrogens is 332 g/mol. The van der Waals surface area contributed by atoms with E-state index in [1.807, 2.05) is 19.2 Å². The molecule has 2 saturated heterocycles. The molecule has 1 atom stereocenters. The number of nitrogens with zero attached hydrogens (tertiary/aromatic N) is 3. The van der Waals surface area contributed by atoms with E-state index in [1.54, 1.807) is 17.0 Å². The Balaban J connectivity index is 1.66. The topological polar surface area (TPSA) is 73.0 Å². The van der Waals surface area contributed by atoms with Gasteiger partial charge in [-0.25, -0.2) is 9.69 Å². The lowest BCUT2D eigenvalue weighted by Gasteiger charge is -2.32. The van der Waals surface area contributed by atoms with Crippen molar-refractivity contribution in [2.45, 2.75) is 32.2 Å². The highest BCUT2D eigenvalue weighted by molar-refractivity contribution is 6.22. The van der Waals surface area contributed by atoms with Crippen LogP contribution in [0.4, 0.5) is 10.5 Å². The number of carbonyl (C=O) groups excluding carboxylic acids is 3. The second-order valence-electron chi connectivity index (χ2n) is 7.31. The van der Waals surface area contributed by atoms with Crippen LogP contribution in [0.5, 0.6) is 0 Å². The van der Waals surface area contributed by atoms with Crippen LogP contribution >= 0.6 is 0 Å². The largest absolute Gasteiger partial charge is 0.340 e. The van der Waals surface area contributed by atoms with Gasteiger partial charge in [0.05, 0.1) is 12.1 Å². The molecule has 3 rings (SSSR count). The summed E-state index contributed by atoms with van der Waals surface area (Å²) in [4.78, 5) is 42.5. The van der Waals surface area contributed by atoms with Gasteiger partial charge in [0, 0.05) is 26.2 Å². The summed E-state index contributed by atoms with van der Waals surface area (Å²) in [5.74, 6) is -0.0790. The standard InChI is InChI=1S/C19H26N4O3/c1-13(2)14-4-6-15(7-5-14)23-18(25)16(20-19(23)26)12-17(24)22-10-8-21(3)9-11-22/h4-7,13,16H,8-12H2,1-3H3,(H,20,26). The molecule has 0 aromatic heterocycles. The Morgan fingerprint density at radius 1 is 1.12 bits per heavy atom. The Morgan fingerprint density at radius 3 is 2.31 bits per heavy atom. The molecule has 2 fully saturated rings. The number of hydrogen-bond donors (Lipinski definition) is 1. The van der Waals surface area contributed by atoms with Gasteiger partial charge in [-0.2, -0.15) is 0 Å². The highest BCUT2D eigenvalue weighted by Crippen LogP contribution is 2.24. The van der Waals surface area contributed by atoms with Crippen LogP contribution in [0.2, 0.25) is 0 Å². The highest BCUT2D eigenvalue weighted by Gasteiger charge is 2.40. The summed E-state index contributed by atoms with van der Waals surface area (Å²) >= 11 is 0. The van der Waals surface area contributed by atoms with Gasteiger partial charge < -0.3 is 15.1 Å². The zero-order valence-corrected chi connectivity index (χ0v) is 15.6. The average Bonchev–Trinajstić information content (AvgIpc) is 2.89. The normalized spacial score (nSPS) is 21.5. The lowest BCUT2D eigenvalue weighted by atomic mass is 10.0. The van der Waals surface area contributed by atoms with Crippen molar-refractivity contribution in [3.05, 3.63) is 29.8 Å². The fourth-order valence-corrected chi connectivity index (χ4v) is 3.28. The van der Waals surface area contributed by atoms with Crippen LogP contribution in [0.1, 0.15) is 31.7 Å². The molecule has 1 aromatic rings. The molecule has 0 bridgehead atoms. The number of piperazine rings is 1. The summed E-state index contributed by atoms with van der Waals surface area (Å²) < 4.78 is 0. The van der Waals surface area contributed by atoms with Crippen molar-refractivity contribution in [3.8, 4) is 0 Å². The van der Waals surface area contributed by atoms with E-state index in [2.05, 4.69) is 24.1 Å². The van der Waals surface area contributed by atoms with E-state index in [0.29, 0.717) is 24.7 Å². The molecule has 1 N–H and O–H groups in total. The minimum absolute atomic E-state index is 0.00879. The van der Waals surface area contributed by atoms with Crippen molar-refractivity contribution in [1.82, 2.24) is 15.1 Å². The number of benzene rings is 1. The van der Waals surface area contributed by atoms with E-state index in [4.69, 9.17) is 0 Å². The molecule has 26 heavy (non-hydrogen) atoms. The number of imide groups is 1. The van der Waals surface area contributed by atoms with E-state index in [9.17, 15) is 14.4 Å². The van der Waals surface area contributed by atoms with Crippen LogP contribution in [-0.2, 0) is 9.59 Å². The molecular formula is C19H26N4O3. The first-order valence-electron chi connectivity index (χ1n) is 9.07. The lowest BCUT2D eigenvalue weighted by Crippen LogP contribution is -2.48. The molecule has 7 nitrogen and oxygen atoms in total. The third-order valence-corrected chi connectivity index (χ3v) is 5.07. The fourth-order valence-electron chi connectivity index (χ4n) is 3.28. The van der Waals surface area contributed by atoms with Gasteiger partial charge in [0.15, 0.2) is 0 Å². The van der Waals surface area contributed by atoms with Gasteiger partial charge in [0.2, 0.25) is 5.91 Å². The lowest BCUT2D eigenvalue weighted by molar-refractivity contribution is -0.135. The predicted octanol–water partition coefficient (Wildman–Crippen LogP) is 1.40. The fraction of sp³-hybridized carbons (Fsp3) is 0.526. The van der Waals surface area contributed by atoms with E-state index in [0.717, 1.165) is 23.6 Å². The van der Waals surface area contributed by atoms with E-state index in [1.165, 1.54) is 0 Å². The summed E-state index contributed by atoms with van der Waals surface area (Å²) in [6.07, 6.45) is 0.00879. The molecule has 7 heteroatoms. The molecule has 1 aromatic carbocycles. The van der Waals surface area contributed by atoms with Crippen molar-refractivity contribution in [2.24, 2.45) is 0 Å². The number of urea groups is 1. The Labute approximate surface area is 153 Å². The second-order valence-corrected chi connectivity index (χ2v) is 7.31. The molecule has 1 unspecified atom stereocenters. The maximum atomic E-state index is 12.7. The first-order chi connectivity index (χ1) is 12.4. The van der Waals surface area contributed by atoms with Crippen molar-refractivity contribution in [3.63, 3.8) is 0 Å². The Bertz CT molecular complexity index is 693. The number of carbonyl (C=O) groups is 3. The maximum Gasteiger partial charge on any atom is 0.329 e. The second kappa shape index (κ2) is 7.45. The van der Waals surface area contributed by atoms with Crippen molar-refractivity contribution < 1.29 is 14.4 Å². The number of likely N-dealkylation sites (N-methyl/N-ethyl adjacent to an activating group) is 1. The predicted molar refractivity (Wildman–Crippen MR) is 99.0 cm³/mol. The number of amides is 4. The molecule has 0 saturated carbocycles. The molecule has 4 amide bonds. The van der Waals surface area contributed by atoms with Crippen LogP contribution in [0.25, 0.3) is 0 Å². The van der Waals surface area contributed by atoms with Crippen molar-refractivity contribution in [1.29, 1.82) is 0 Å². The number of hydrogen-bond acceptors (Lipinski definition) is 4. The molecule has 2 heterocycles.